The van der Waals surface area contributed by atoms with Crippen LogP contribution in [0.1, 0.15) is 33.6 Å². The summed E-state index contributed by atoms with van der Waals surface area (Å²) < 4.78 is 25.2. The molecule has 1 heterocycles. The highest BCUT2D eigenvalue weighted by molar-refractivity contribution is 6.08. The summed E-state index contributed by atoms with van der Waals surface area (Å²) in [5.41, 5.74) is 1.04. The van der Waals surface area contributed by atoms with Crippen molar-refractivity contribution in [3.8, 4) is 0 Å². The van der Waals surface area contributed by atoms with E-state index in [9.17, 15) is 13.6 Å². The highest BCUT2D eigenvalue weighted by Crippen LogP contribution is 2.22. The molecule has 0 bridgehead atoms. The minimum absolute atomic E-state index is 0.153. The van der Waals surface area contributed by atoms with Gasteiger partial charge in [-0.05, 0) is 30.7 Å². The van der Waals surface area contributed by atoms with Gasteiger partial charge in [0, 0.05) is 17.3 Å². The van der Waals surface area contributed by atoms with Crippen LogP contribution in [0.3, 0.4) is 0 Å². The van der Waals surface area contributed by atoms with Crippen molar-refractivity contribution >= 4 is 5.78 Å². The molecule has 0 fully saturated rings. The monoisotopic (exact) mass is 247 g/mol. The zero-order valence-electron chi connectivity index (χ0n) is 9.73. The maximum atomic E-state index is 12.6. The van der Waals surface area contributed by atoms with Gasteiger partial charge in [-0.25, -0.2) is 8.78 Å². The lowest BCUT2D eigenvalue weighted by Crippen LogP contribution is -2.06. The van der Waals surface area contributed by atoms with Crippen molar-refractivity contribution in [3.63, 3.8) is 0 Å². The topological polar surface area (TPSA) is 30.0 Å². The van der Waals surface area contributed by atoms with Crippen LogP contribution in [0.5, 0.6) is 0 Å². The zero-order valence-corrected chi connectivity index (χ0v) is 9.73. The van der Waals surface area contributed by atoms with Crippen LogP contribution >= 0.6 is 0 Å². The van der Waals surface area contributed by atoms with E-state index in [4.69, 9.17) is 0 Å². The summed E-state index contributed by atoms with van der Waals surface area (Å²) in [7, 11) is 0. The minimum Gasteiger partial charge on any atom is -0.287 e. The summed E-state index contributed by atoms with van der Waals surface area (Å²) in [5, 5.41) is 0. The van der Waals surface area contributed by atoms with Crippen molar-refractivity contribution in [2.24, 2.45) is 0 Å². The van der Waals surface area contributed by atoms with E-state index < -0.39 is 6.43 Å². The van der Waals surface area contributed by atoms with Gasteiger partial charge in [0.2, 0.25) is 5.78 Å². The molecule has 2 rings (SSSR count). The third kappa shape index (κ3) is 2.42. The second kappa shape index (κ2) is 5.04. The number of carbonyl (C=O) groups excluding carboxylic acids is 1. The molecule has 92 valence electrons. The number of carbonyl (C=O) groups is 1. The maximum absolute atomic E-state index is 12.6. The lowest BCUT2D eigenvalue weighted by atomic mass is 9.99. The summed E-state index contributed by atoms with van der Waals surface area (Å²) in [6, 6.07) is 9.03. The van der Waals surface area contributed by atoms with Crippen LogP contribution in [-0.4, -0.2) is 10.8 Å². The summed E-state index contributed by atoms with van der Waals surface area (Å²) >= 11 is 0. The normalized spacial score (nSPS) is 10.7. The Bertz CT molecular complexity index is 567. The summed E-state index contributed by atoms with van der Waals surface area (Å²) in [6.45, 7) is 1.71. The number of nitrogens with zero attached hydrogens (tertiary/aromatic N) is 1. The van der Waals surface area contributed by atoms with Gasteiger partial charge in [0.15, 0.2) is 0 Å². The van der Waals surface area contributed by atoms with Gasteiger partial charge < -0.3 is 0 Å². The number of pyridine rings is 1. The summed E-state index contributed by atoms with van der Waals surface area (Å²) in [5.74, 6) is -0.337. The minimum atomic E-state index is -2.58. The molecule has 0 N–H and O–H groups in total. The fraction of sp³-hybridized carbons (Fsp3) is 0.143. The van der Waals surface area contributed by atoms with Crippen molar-refractivity contribution < 1.29 is 13.6 Å². The van der Waals surface area contributed by atoms with Crippen molar-refractivity contribution in [3.05, 3.63) is 65.0 Å². The van der Waals surface area contributed by atoms with E-state index in [-0.39, 0.29) is 22.6 Å². The van der Waals surface area contributed by atoms with Crippen LogP contribution in [0.25, 0.3) is 0 Å². The third-order valence-electron chi connectivity index (χ3n) is 2.66. The standard InChI is InChI=1S/C14H11F2NO/c1-9-5-6-10(14(15)16)8-11(9)13(18)12-4-2-3-7-17-12/h2-8,14H,1H3. The van der Waals surface area contributed by atoms with Gasteiger partial charge in [0.05, 0.1) is 0 Å². The largest absolute Gasteiger partial charge is 0.287 e. The molecule has 2 aromatic rings. The van der Waals surface area contributed by atoms with Crippen LogP contribution in [0.4, 0.5) is 8.78 Å². The second-order valence-electron chi connectivity index (χ2n) is 3.92. The Morgan fingerprint density at radius 2 is 2.00 bits per heavy atom. The van der Waals surface area contributed by atoms with Gasteiger partial charge in [-0.15, -0.1) is 0 Å². The van der Waals surface area contributed by atoms with Crippen LogP contribution in [0.15, 0.2) is 42.6 Å². The second-order valence-corrected chi connectivity index (χ2v) is 3.92. The van der Waals surface area contributed by atoms with E-state index in [1.807, 2.05) is 0 Å². The quantitative estimate of drug-likeness (QED) is 0.776. The molecule has 0 radical (unpaired) electrons. The fourth-order valence-electron chi connectivity index (χ4n) is 1.66. The molecule has 0 spiro atoms. The molecule has 0 saturated heterocycles. The number of alkyl halides is 2. The number of hydrogen-bond acceptors (Lipinski definition) is 2. The van der Waals surface area contributed by atoms with E-state index in [2.05, 4.69) is 4.98 Å². The van der Waals surface area contributed by atoms with E-state index in [0.717, 1.165) is 0 Å². The maximum Gasteiger partial charge on any atom is 0.263 e. The Morgan fingerprint density at radius 3 is 2.61 bits per heavy atom. The Kier molecular flexibility index (Phi) is 3.46. The van der Waals surface area contributed by atoms with E-state index in [0.29, 0.717) is 5.56 Å². The summed E-state index contributed by atoms with van der Waals surface area (Å²) in [4.78, 5) is 16.1. The average molecular weight is 247 g/mol. The van der Waals surface area contributed by atoms with Gasteiger partial charge in [-0.1, -0.05) is 18.2 Å². The first kappa shape index (κ1) is 12.4. The molecule has 0 atom stereocenters. The van der Waals surface area contributed by atoms with E-state index >= 15 is 0 Å². The molecule has 0 saturated carbocycles. The number of rotatable bonds is 3. The zero-order chi connectivity index (χ0) is 13.1. The Labute approximate surface area is 103 Å². The van der Waals surface area contributed by atoms with Crippen molar-refractivity contribution in [1.29, 1.82) is 0 Å². The predicted octanol–water partition coefficient (Wildman–Crippen LogP) is 3.56. The molecular weight excluding hydrogens is 236 g/mol. The van der Waals surface area contributed by atoms with Gasteiger partial charge in [0.1, 0.15) is 5.69 Å². The van der Waals surface area contributed by atoms with Crippen molar-refractivity contribution in [1.82, 2.24) is 4.98 Å². The highest BCUT2D eigenvalue weighted by Gasteiger charge is 2.16. The van der Waals surface area contributed by atoms with Crippen molar-refractivity contribution in [2.45, 2.75) is 13.3 Å². The Hall–Kier alpha value is -2.10. The van der Waals surface area contributed by atoms with Crippen LogP contribution in [0.2, 0.25) is 0 Å². The number of benzene rings is 1. The molecule has 4 heteroatoms. The molecule has 18 heavy (non-hydrogen) atoms. The van der Waals surface area contributed by atoms with E-state index in [1.165, 1.54) is 24.4 Å². The third-order valence-corrected chi connectivity index (χ3v) is 2.66. The number of ketones is 1. The molecule has 0 aliphatic carbocycles. The lowest BCUT2D eigenvalue weighted by Gasteiger charge is -2.07. The molecule has 0 unspecified atom stereocenters. The first-order valence-corrected chi connectivity index (χ1v) is 5.44. The van der Waals surface area contributed by atoms with E-state index in [1.54, 1.807) is 25.1 Å². The number of aryl methyl sites for hydroxylation is 1. The van der Waals surface area contributed by atoms with Crippen LogP contribution in [-0.2, 0) is 0 Å². The average Bonchev–Trinajstić information content (AvgIpc) is 2.39. The van der Waals surface area contributed by atoms with Crippen molar-refractivity contribution in [2.75, 3.05) is 0 Å². The van der Waals surface area contributed by atoms with Gasteiger partial charge in [0.25, 0.3) is 6.43 Å². The molecule has 0 amide bonds. The molecule has 0 aliphatic rings. The smallest absolute Gasteiger partial charge is 0.263 e. The Balaban J connectivity index is 2.45. The molecule has 2 nitrogen and oxygen atoms in total. The Morgan fingerprint density at radius 1 is 1.22 bits per heavy atom. The number of aromatic nitrogens is 1. The predicted molar refractivity (Wildman–Crippen MR) is 63.8 cm³/mol. The van der Waals surface area contributed by atoms with Gasteiger partial charge in [-0.2, -0.15) is 0 Å². The first-order chi connectivity index (χ1) is 8.59. The van der Waals surface area contributed by atoms with Gasteiger partial charge in [-0.3, -0.25) is 9.78 Å². The van der Waals surface area contributed by atoms with Crippen LogP contribution < -0.4 is 0 Å². The van der Waals surface area contributed by atoms with Crippen LogP contribution in [0, 0.1) is 6.92 Å². The van der Waals surface area contributed by atoms with Gasteiger partial charge >= 0.3 is 0 Å². The molecule has 1 aromatic heterocycles. The first-order valence-electron chi connectivity index (χ1n) is 5.44. The highest BCUT2D eigenvalue weighted by atomic mass is 19.3. The molecule has 1 aromatic carbocycles. The SMILES string of the molecule is Cc1ccc(C(F)F)cc1C(=O)c1ccccn1. The number of halogens is 2. The molecular formula is C14H11F2NO. The summed E-state index contributed by atoms with van der Waals surface area (Å²) in [6.07, 6.45) is -1.08. The molecule has 0 aliphatic heterocycles. The lowest BCUT2D eigenvalue weighted by molar-refractivity contribution is 0.103. The number of hydrogen-bond donors (Lipinski definition) is 0. The fourth-order valence-corrected chi connectivity index (χ4v) is 1.66.